The Hall–Kier alpha value is 0.155. The summed E-state index contributed by atoms with van der Waals surface area (Å²) >= 11 is 0. The van der Waals surface area contributed by atoms with Gasteiger partial charge in [-0.05, 0) is 5.30 Å². The van der Waals surface area contributed by atoms with Crippen molar-refractivity contribution in [3.05, 3.63) is 0 Å². The smallest absolute Gasteiger partial charge is 0.0858 e. The van der Waals surface area contributed by atoms with E-state index < -0.39 is 5.30 Å². The van der Waals surface area contributed by atoms with Gasteiger partial charge in [-0.2, -0.15) is 0 Å². The largest absolute Gasteiger partial charge is 0.418 e. The minimum absolute atomic E-state index is 2.00. The molecule has 0 atom stereocenters. The summed E-state index contributed by atoms with van der Waals surface area (Å²) in [4.78, 5) is 0. The average molecular weight is 61.5 g/mol. The van der Waals surface area contributed by atoms with Gasteiger partial charge in [-0.3, -0.25) is 0 Å². The second-order valence-electron chi connectivity index (χ2n) is 0.887. The van der Waals surface area contributed by atoms with Gasteiger partial charge < -0.3 is 5.11 Å². The zero-order valence-corrected chi connectivity index (χ0v) is 2.68. The highest BCUT2D eigenvalue weighted by molar-refractivity contribution is 6.57. The van der Waals surface area contributed by atoms with Crippen molar-refractivity contribution >= 4 is 23.5 Å². The zero-order valence-electron chi connectivity index (χ0n) is 2.68. The summed E-state index contributed by atoms with van der Waals surface area (Å²) in [6.07, 6.45) is 0. The molecule has 4 heteroatoms. The van der Waals surface area contributed by atoms with Crippen molar-refractivity contribution < 1.29 is 5.11 Å². The van der Waals surface area contributed by atoms with Crippen LogP contribution in [0.2, 0.25) is 0 Å². The fourth-order valence-electron chi connectivity index (χ4n) is 0. The molecular weight excluding hydrogens is 60.4 g/mol. The summed E-state index contributed by atoms with van der Waals surface area (Å²) in [6.45, 7) is 0. The molecule has 0 amide bonds. The Balaban J connectivity index is 3.02. The Labute approximate surface area is 35.0 Å². The van der Waals surface area contributed by atoms with Crippen molar-refractivity contribution in [2.24, 2.45) is 0 Å². The summed E-state index contributed by atoms with van der Waals surface area (Å²) in [7, 11) is 13.4. The quantitative estimate of drug-likeness (QED) is 0.324. The summed E-state index contributed by atoms with van der Waals surface area (Å²) in [5.74, 6) is 0. The van der Waals surface area contributed by atoms with Gasteiger partial charge in [0, 0.05) is 0 Å². The summed E-state index contributed by atoms with van der Waals surface area (Å²) in [5, 5.41) is 5.85. The van der Waals surface area contributed by atoms with E-state index in [0.29, 0.717) is 0 Å². The molecule has 0 aliphatic rings. The molecule has 0 heterocycles. The molecule has 0 aromatic heterocycles. The van der Waals surface area contributed by atoms with E-state index in [2.05, 4.69) is 23.5 Å². The lowest BCUT2D eigenvalue weighted by molar-refractivity contribution is 0.294. The summed E-state index contributed by atoms with van der Waals surface area (Å²) in [6, 6.07) is 0. The lowest BCUT2D eigenvalue weighted by atomic mass is 9.53. The normalized spacial score (nSPS) is 11.4. The molecule has 0 rings (SSSR count). The second kappa shape index (κ2) is 1.09. The first-order valence-electron chi connectivity index (χ1n) is 1.09. The first-order chi connectivity index (χ1) is 2.00. The predicted molar refractivity (Wildman–Crippen MR) is 22.2 cm³/mol. The van der Waals surface area contributed by atoms with Gasteiger partial charge in [-0.25, -0.2) is 0 Å². The maximum absolute atomic E-state index is 7.85. The number of hydrogen-bond donors (Lipinski definition) is 1. The highest BCUT2D eigenvalue weighted by atomic mass is 16.3. The molecule has 20 valence electrons. The van der Waals surface area contributed by atoms with Crippen molar-refractivity contribution in [2.45, 2.75) is 5.30 Å². The fourth-order valence-corrected chi connectivity index (χ4v) is 0. The van der Waals surface area contributed by atoms with Gasteiger partial charge in [0.2, 0.25) is 0 Å². The molecule has 0 aromatic rings. The van der Waals surface area contributed by atoms with E-state index in [4.69, 9.17) is 5.11 Å². The number of rotatable bonds is 0. The SMILES string of the molecule is [B]C([B])([B])O. The van der Waals surface area contributed by atoms with Crippen LogP contribution in [-0.2, 0) is 0 Å². The molecule has 0 spiro atoms. The molecule has 0 aromatic carbocycles. The molecule has 0 saturated carbocycles. The molecule has 1 nitrogen and oxygen atoms in total. The van der Waals surface area contributed by atoms with Crippen LogP contribution in [0.15, 0.2) is 0 Å². The van der Waals surface area contributed by atoms with Gasteiger partial charge in [-0.1, -0.05) is 0 Å². The molecule has 6 radical (unpaired) electrons. The zero-order chi connectivity index (χ0) is 4.50. The van der Waals surface area contributed by atoms with Gasteiger partial charge in [0.05, 0.1) is 23.5 Å². The highest BCUT2D eigenvalue weighted by Crippen LogP contribution is 1.72. The summed E-state index contributed by atoms with van der Waals surface area (Å²) in [5.41, 5.74) is 0. The van der Waals surface area contributed by atoms with Crippen LogP contribution in [0.4, 0.5) is 0 Å². The highest BCUT2D eigenvalue weighted by Gasteiger charge is 1.97. The predicted octanol–water partition coefficient (Wildman–Crippen LogP) is -1.90. The fraction of sp³-hybridized carbons (Fsp3) is 1.00. The maximum Gasteiger partial charge on any atom is 0.0858 e. The Morgan fingerprint density at radius 1 is 1.20 bits per heavy atom. The minimum atomic E-state index is -2.00. The van der Waals surface area contributed by atoms with Crippen LogP contribution in [0.5, 0.6) is 0 Å². The van der Waals surface area contributed by atoms with Gasteiger partial charge in [0.25, 0.3) is 0 Å². The van der Waals surface area contributed by atoms with E-state index in [1.54, 1.807) is 0 Å². The molecule has 0 bridgehead atoms. The van der Waals surface area contributed by atoms with E-state index in [9.17, 15) is 0 Å². The summed E-state index contributed by atoms with van der Waals surface area (Å²) < 4.78 is 0. The number of hydrogen-bond acceptors (Lipinski definition) is 1. The standard InChI is InChI=1S/CHB3O/c2-1(3,4)5/h5H. The van der Waals surface area contributed by atoms with Crippen LogP contribution < -0.4 is 0 Å². The molecule has 0 aliphatic carbocycles. The second-order valence-corrected chi connectivity index (χ2v) is 0.887. The lowest BCUT2D eigenvalue weighted by Gasteiger charge is -2.06. The van der Waals surface area contributed by atoms with Crippen molar-refractivity contribution in [2.75, 3.05) is 0 Å². The minimum Gasteiger partial charge on any atom is -0.418 e. The van der Waals surface area contributed by atoms with E-state index in [1.807, 2.05) is 0 Å². The van der Waals surface area contributed by atoms with Gasteiger partial charge in [0.15, 0.2) is 0 Å². The van der Waals surface area contributed by atoms with E-state index >= 15 is 0 Å². The van der Waals surface area contributed by atoms with Crippen LogP contribution >= 0.6 is 0 Å². The van der Waals surface area contributed by atoms with Crippen molar-refractivity contribution in [3.8, 4) is 0 Å². The molecule has 5 heavy (non-hydrogen) atoms. The molecule has 0 aliphatic heterocycles. The Bertz CT molecular complexity index is 22.4. The topological polar surface area (TPSA) is 20.2 Å². The molecule has 0 unspecified atom stereocenters. The monoisotopic (exact) mass is 62.0 g/mol. The first kappa shape index (κ1) is 5.15. The Kier molecular flexibility index (Phi) is 1.13. The molecule has 0 saturated heterocycles. The van der Waals surface area contributed by atoms with E-state index in [1.165, 1.54) is 0 Å². The number of aliphatic hydroxyl groups is 1. The molecule has 1 N–H and O–H groups in total. The van der Waals surface area contributed by atoms with Crippen LogP contribution in [0, 0.1) is 0 Å². The van der Waals surface area contributed by atoms with E-state index in [-0.39, 0.29) is 0 Å². The van der Waals surface area contributed by atoms with Crippen molar-refractivity contribution in [3.63, 3.8) is 0 Å². The average Bonchev–Trinajstić information content (AvgIpc) is 0.722. The van der Waals surface area contributed by atoms with Crippen LogP contribution in [0.1, 0.15) is 0 Å². The van der Waals surface area contributed by atoms with Crippen LogP contribution in [0.25, 0.3) is 0 Å². The van der Waals surface area contributed by atoms with E-state index in [0.717, 1.165) is 0 Å². The Morgan fingerprint density at radius 3 is 1.20 bits per heavy atom. The lowest BCUT2D eigenvalue weighted by Crippen LogP contribution is -2.28. The molecular formula is CHB3O. The van der Waals surface area contributed by atoms with Crippen LogP contribution in [0.3, 0.4) is 0 Å². The van der Waals surface area contributed by atoms with Crippen molar-refractivity contribution in [1.82, 2.24) is 0 Å². The first-order valence-corrected chi connectivity index (χ1v) is 1.09. The van der Waals surface area contributed by atoms with Crippen LogP contribution in [-0.4, -0.2) is 33.9 Å². The van der Waals surface area contributed by atoms with Crippen molar-refractivity contribution in [1.29, 1.82) is 0 Å². The van der Waals surface area contributed by atoms with Gasteiger partial charge in [-0.15, -0.1) is 0 Å². The third-order valence-electron chi connectivity index (χ3n) is 0. The third-order valence-corrected chi connectivity index (χ3v) is 0. The van der Waals surface area contributed by atoms with Gasteiger partial charge in [0.1, 0.15) is 0 Å². The maximum atomic E-state index is 7.85. The molecule has 0 fully saturated rings. The Morgan fingerprint density at radius 2 is 1.20 bits per heavy atom. The third kappa shape index (κ3) is 805. The van der Waals surface area contributed by atoms with Gasteiger partial charge >= 0.3 is 0 Å².